The number of hydrogen-bond acceptors (Lipinski definition) is 2. The minimum Gasteiger partial charge on any atom is -0.349 e. The lowest BCUT2D eigenvalue weighted by Crippen LogP contribution is -2.48. The third-order valence-corrected chi connectivity index (χ3v) is 5.42. The normalized spacial score (nSPS) is 16.4. The van der Waals surface area contributed by atoms with E-state index in [1.54, 1.807) is 0 Å². The lowest BCUT2D eigenvalue weighted by Gasteiger charge is -2.39. The Kier molecular flexibility index (Phi) is 6.07. The van der Waals surface area contributed by atoms with Gasteiger partial charge in [-0.15, -0.1) is 0 Å². The maximum absolute atomic E-state index is 6.16. The zero-order chi connectivity index (χ0) is 16.3. The molecule has 0 aliphatic carbocycles. The van der Waals surface area contributed by atoms with Crippen LogP contribution >= 0.6 is 23.8 Å². The molecule has 1 heterocycles. The number of benzene rings is 1. The molecule has 0 amide bonds. The number of likely N-dealkylation sites (tertiary alicyclic amines) is 1. The van der Waals surface area contributed by atoms with Crippen LogP contribution in [0.2, 0.25) is 5.02 Å². The third kappa shape index (κ3) is 4.12. The Bertz CT molecular complexity index is 525. The van der Waals surface area contributed by atoms with Gasteiger partial charge < -0.3 is 15.1 Å². The number of nitrogens with one attached hydrogen (secondary N) is 1. The van der Waals surface area contributed by atoms with Crippen molar-refractivity contribution in [1.82, 2.24) is 9.80 Å². The molecular formula is C17H26ClN3S. The molecule has 0 bridgehead atoms. The van der Waals surface area contributed by atoms with Crippen LogP contribution in [0.3, 0.4) is 0 Å². The van der Waals surface area contributed by atoms with Crippen molar-refractivity contribution >= 4 is 34.6 Å². The highest BCUT2D eigenvalue weighted by Gasteiger charge is 2.25. The number of anilines is 1. The first kappa shape index (κ1) is 17.5. The van der Waals surface area contributed by atoms with Crippen LogP contribution in [0, 0.1) is 6.92 Å². The van der Waals surface area contributed by atoms with E-state index in [2.05, 4.69) is 36.0 Å². The van der Waals surface area contributed by atoms with E-state index in [-0.39, 0.29) is 0 Å². The number of thiocarbonyl (C=S) groups is 1. The van der Waals surface area contributed by atoms with E-state index in [1.807, 2.05) is 25.1 Å². The van der Waals surface area contributed by atoms with Crippen LogP contribution in [0.4, 0.5) is 5.69 Å². The van der Waals surface area contributed by atoms with Crippen LogP contribution in [-0.2, 0) is 0 Å². The second-order valence-electron chi connectivity index (χ2n) is 6.32. The summed E-state index contributed by atoms with van der Waals surface area (Å²) in [5.41, 5.74) is 2.04. The minimum atomic E-state index is 0.593. The number of nitrogens with zero attached hydrogens (tertiary/aromatic N) is 2. The smallest absolute Gasteiger partial charge is 0.173 e. The second-order valence-corrected chi connectivity index (χ2v) is 7.11. The molecule has 1 saturated heterocycles. The molecule has 2 rings (SSSR count). The summed E-state index contributed by atoms with van der Waals surface area (Å²) in [6.07, 6.45) is 2.32. The number of halogens is 1. The molecule has 1 aromatic carbocycles. The SMILES string of the molecule is Cc1c(Cl)cccc1NC(=S)N1CCC(N(C)C(C)C)CC1. The Morgan fingerprint density at radius 3 is 2.59 bits per heavy atom. The van der Waals surface area contributed by atoms with E-state index in [0.29, 0.717) is 12.1 Å². The Morgan fingerprint density at radius 1 is 1.36 bits per heavy atom. The van der Waals surface area contributed by atoms with E-state index in [4.69, 9.17) is 23.8 Å². The van der Waals surface area contributed by atoms with Crippen LogP contribution in [0.25, 0.3) is 0 Å². The summed E-state index contributed by atoms with van der Waals surface area (Å²) in [6.45, 7) is 8.53. The first-order chi connectivity index (χ1) is 10.4. The lowest BCUT2D eigenvalue weighted by atomic mass is 10.0. The molecular weight excluding hydrogens is 314 g/mol. The fourth-order valence-corrected chi connectivity index (χ4v) is 3.30. The fraction of sp³-hybridized carbons (Fsp3) is 0.588. The average Bonchev–Trinajstić information content (AvgIpc) is 2.51. The fourth-order valence-electron chi connectivity index (χ4n) is 2.84. The van der Waals surface area contributed by atoms with Gasteiger partial charge in [0.15, 0.2) is 5.11 Å². The monoisotopic (exact) mass is 339 g/mol. The third-order valence-electron chi connectivity index (χ3n) is 4.65. The quantitative estimate of drug-likeness (QED) is 0.833. The first-order valence-corrected chi connectivity index (χ1v) is 8.71. The maximum atomic E-state index is 6.16. The number of rotatable bonds is 3. The van der Waals surface area contributed by atoms with Crippen LogP contribution in [-0.4, -0.2) is 47.1 Å². The van der Waals surface area contributed by atoms with Crippen LogP contribution in [0.15, 0.2) is 18.2 Å². The summed E-state index contributed by atoms with van der Waals surface area (Å²) in [5.74, 6) is 0. The van der Waals surface area contributed by atoms with E-state index in [0.717, 1.165) is 47.3 Å². The molecule has 1 fully saturated rings. The van der Waals surface area contributed by atoms with Crippen molar-refractivity contribution in [3.8, 4) is 0 Å². The molecule has 0 spiro atoms. The molecule has 22 heavy (non-hydrogen) atoms. The van der Waals surface area contributed by atoms with Gasteiger partial charge in [0.1, 0.15) is 0 Å². The zero-order valence-corrected chi connectivity index (χ0v) is 15.5. The molecule has 1 aliphatic rings. The van der Waals surface area contributed by atoms with Gasteiger partial charge >= 0.3 is 0 Å². The highest BCUT2D eigenvalue weighted by molar-refractivity contribution is 7.80. The predicted octanol–water partition coefficient (Wildman–Crippen LogP) is 4.15. The first-order valence-electron chi connectivity index (χ1n) is 7.93. The van der Waals surface area contributed by atoms with Crippen molar-refractivity contribution in [2.24, 2.45) is 0 Å². The Balaban J connectivity index is 1.91. The van der Waals surface area contributed by atoms with Gasteiger partial charge in [-0.25, -0.2) is 0 Å². The summed E-state index contributed by atoms with van der Waals surface area (Å²) in [5, 5.41) is 4.92. The summed E-state index contributed by atoms with van der Waals surface area (Å²) < 4.78 is 0. The highest BCUT2D eigenvalue weighted by Crippen LogP contribution is 2.24. The molecule has 0 aromatic heterocycles. The average molecular weight is 340 g/mol. The molecule has 0 atom stereocenters. The summed E-state index contributed by atoms with van der Waals surface area (Å²) in [4.78, 5) is 4.73. The van der Waals surface area contributed by atoms with Gasteiger partial charge in [0.2, 0.25) is 0 Å². The number of hydrogen-bond donors (Lipinski definition) is 1. The molecule has 0 saturated carbocycles. The standard InChI is InChI=1S/C17H26ClN3S/c1-12(2)20(4)14-8-10-21(11-9-14)17(22)19-16-7-5-6-15(18)13(16)3/h5-7,12,14H,8-11H2,1-4H3,(H,19,22). The minimum absolute atomic E-state index is 0.593. The lowest BCUT2D eigenvalue weighted by molar-refractivity contribution is 0.136. The van der Waals surface area contributed by atoms with Crippen molar-refractivity contribution in [1.29, 1.82) is 0 Å². The van der Waals surface area contributed by atoms with Gasteiger partial charge in [-0.3, -0.25) is 0 Å². The van der Waals surface area contributed by atoms with Crippen LogP contribution in [0.5, 0.6) is 0 Å². The summed E-state index contributed by atoms with van der Waals surface area (Å²) in [6, 6.07) is 7.12. The molecule has 1 N–H and O–H groups in total. The summed E-state index contributed by atoms with van der Waals surface area (Å²) in [7, 11) is 2.22. The predicted molar refractivity (Wildman–Crippen MR) is 99.9 cm³/mol. The van der Waals surface area contributed by atoms with Gasteiger partial charge in [-0.1, -0.05) is 17.7 Å². The second kappa shape index (κ2) is 7.62. The van der Waals surface area contributed by atoms with Crippen LogP contribution < -0.4 is 5.32 Å². The van der Waals surface area contributed by atoms with E-state index in [9.17, 15) is 0 Å². The highest BCUT2D eigenvalue weighted by atomic mass is 35.5. The van der Waals surface area contributed by atoms with Crippen LogP contribution in [0.1, 0.15) is 32.3 Å². The molecule has 0 radical (unpaired) electrons. The molecule has 3 nitrogen and oxygen atoms in total. The Hall–Kier alpha value is -0.840. The van der Waals surface area contributed by atoms with E-state index in [1.165, 1.54) is 0 Å². The van der Waals surface area contributed by atoms with Crippen molar-refractivity contribution in [2.75, 3.05) is 25.5 Å². The maximum Gasteiger partial charge on any atom is 0.173 e. The molecule has 1 aromatic rings. The van der Waals surface area contributed by atoms with E-state index >= 15 is 0 Å². The van der Waals surface area contributed by atoms with Gasteiger partial charge in [0.25, 0.3) is 0 Å². The number of piperidine rings is 1. The van der Waals surface area contributed by atoms with Crippen molar-refractivity contribution in [2.45, 2.75) is 45.7 Å². The molecule has 5 heteroatoms. The van der Waals surface area contributed by atoms with Crippen molar-refractivity contribution < 1.29 is 0 Å². The van der Waals surface area contributed by atoms with Crippen molar-refractivity contribution in [3.05, 3.63) is 28.8 Å². The Morgan fingerprint density at radius 2 is 2.00 bits per heavy atom. The molecule has 122 valence electrons. The Labute approximate surface area is 144 Å². The zero-order valence-electron chi connectivity index (χ0n) is 13.9. The van der Waals surface area contributed by atoms with Crippen molar-refractivity contribution in [3.63, 3.8) is 0 Å². The van der Waals surface area contributed by atoms with Gasteiger partial charge in [-0.05, 0) is 70.6 Å². The van der Waals surface area contributed by atoms with Gasteiger partial charge in [0, 0.05) is 35.9 Å². The molecule has 0 unspecified atom stereocenters. The summed E-state index contributed by atoms with van der Waals surface area (Å²) >= 11 is 11.7. The van der Waals surface area contributed by atoms with Gasteiger partial charge in [0.05, 0.1) is 0 Å². The van der Waals surface area contributed by atoms with Gasteiger partial charge in [-0.2, -0.15) is 0 Å². The molecule has 1 aliphatic heterocycles. The topological polar surface area (TPSA) is 18.5 Å². The van der Waals surface area contributed by atoms with E-state index < -0.39 is 0 Å². The largest absolute Gasteiger partial charge is 0.349 e.